The van der Waals surface area contributed by atoms with Gasteiger partial charge in [0.15, 0.2) is 5.65 Å². The van der Waals surface area contributed by atoms with Crippen LogP contribution in [0.25, 0.3) is 33.4 Å². The average Bonchev–Trinajstić information content (AvgIpc) is 3.45. The molecule has 6 rings (SSSR count). The summed E-state index contributed by atoms with van der Waals surface area (Å²) < 4.78 is 30.5. The van der Waals surface area contributed by atoms with Crippen molar-refractivity contribution in [3.05, 3.63) is 103 Å². The molecule has 2 aromatic heterocycles. The van der Waals surface area contributed by atoms with E-state index in [9.17, 15) is 13.2 Å². The summed E-state index contributed by atoms with van der Waals surface area (Å²) in [5, 5.41) is 5.55. The number of carbonyl (C=O) groups excluding carboxylic acids is 1. The third-order valence-electron chi connectivity index (χ3n) is 7.71. The number of nitrogens with one attached hydrogen (secondary N) is 1. The number of aromatic nitrogens is 4. The molecule has 0 radical (unpaired) electrons. The molecule has 0 spiro atoms. The predicted molar refractivity (Wildman–Crippen MR) is 166 cm³/mol. The van der Waals surface area contributed by atoms with Crippen LogP contribution in [0, 0.1) is 0 Å². The smallest absolute Gasteiger partial charge is 0.246 e. The second-order valence-electron chi connectivity index (χ2n) is 10.4. The Bertz CT molecular complexity index is 1890. The number of anilines is 1. The number of hydrogen-bond donors (Lipinski definition) is 2. The number of rotatable bonds is 8. The molecule has 3 aromatic carbocycles. The number of carbonyl (C=O) groups is 1. The number of piperidine rings is 1. The summed E-state index contributed by atoms with van der Waals surface area (Å²) in [4.78, 5) is 22.9. The van der Waals surface area contributed by atoms with E-state index in [4.69, 9.17) is 10.8 Å². The highest BCUT2D eigenvalue weighted by atomic mass is 32.2. The number of likely N-dealkylation sites (tertiary alicyclic amines) is 1. The van der Waals surface area contributed by atoms with Gasteiger partial charge in [-0.2, -0.15) is 5.10 Å². The van der Waals surface area contributed by atoms with Gasteiger partial charge in [0.05, 0.1) is 16.3 Å². The number of amides is 1. The first-order chi connectivity index (χ1) is 20.8. The summed E-state index contributed by atoms with van der Waals surface area (Å²) in [5.41, 5.74) is 11.1. The highest BCUT2D eigenvalue weighted by Gasteiger charge is 2.28. The predicted octanol–water partition coefficient (Wildman–Crippen LogP) is 4.57. The molecule has 1 amide bonds. The van der Waals surface area contributed by atoms with Gasteiger partial charge in [0.1, 0.15) is 17.8 Å². The lowest BCUT2D eigenvalue weighted by molar-refractivity contribution is -0.127. The Kier molecular flexibility index (Phi) is 7.75. The van der Waals surface area contributed by atoms with Crippen LogP contribution >= 0.6 is 0 Å². The lowest BCUT2D eigenvalue weighted by Crippen LogP contribution is -2.40. The fourth-order valence-electron chi connectivity index (χ4n) is 5.43. The summed E-state index contributed by atoms with van der Waals surface area (Å²) in [6.45, 7) is 4.91. The lowest BCUT2D eigenvalue weighted by Gasteiger charge is -2.32. The first-order valence-corrected chi connectivity index (χ1v) is 15.5. The molecule has 43 heavy (non-hydrogen) atoms. The van der Waals surface area contributed by atoms with Gasteiger partial charge in [0.25, 0.3) is 0 Å². The standard InChI is InChI=1S/C32H31N7O3S/c1-2-28(40)38-18-6-9-26(20-38)39-32-29(31(33)34-21-35-32)30(37-39)25-12-10-22(11-13-25)19-36-43(41,42)27-16-14-24(15-17-27)23-7-4-3-5-8-23/h2-5,7-8,10-17,21,26,36H,1,6,9,18-20H2,(H2,33,34,35). The van der Waals surface area contributed by atoms with E-state index >= 15 is 0 Å². The van der Waals surface area contributed by atoms with Gasteiger partial charge < -0.3 is 10.6 Å². The number of nitrogen functional groups attached to an aromatic ring is 1. The minimum atomic E-state index is -3.71. The largest absolute Gasteiger partial charge is 0.383 e. The molecule has 3 N–H and O–H groups in total. The van der Waals surface area contributed by atoms with E-state index in [0.29, 0.717) is 35.6 Å². The Labute approximate surface area is 249 Å². The molecule has 11 heteroatoms. The first kappa shape index (κ1) is 28.3. The second-order valence-corrected chi connectivity index (χ2v) is 12.2. The molecule has 1 saturated heterocycles. The summed E-state index contributed by atoms with van der Waals surface area (Å²) in [7, 11) is -3.71. The molecule has 10 nitrogen and oxygen atoms in total. The summed E-state index contributed by atoms with van der Waals surface area (Å²) in [6, 6.07) is 24.0. The summed E-state index contributed by atoms with van der Waals surface area (Å²) in [6.07, 6.45) is 4.43. The zero-order chi connectivity index (χ0) is 30.0. The monoisotopic (exact) mass is 593 g/mol. The van der Waals surface area contributed by atoms with Crippen molar-refractivity contribution in [2.45, 2.75) is 30.3 Å². The lowest BCUT2D eigenvalue weighted by atomic mass is 10.1. The SMILES string of the molecule is C=CC(=O)N1CCCC(n2nc(-c3ccc(CNS(=O)(=O)c4ccc(-c5ccccc5)cc4)cc3)c3c(N)ncnc32)C1. The van der Waals surface area contributed by atoms with Crippen molar-refractivity contribution in [1.82, 2.24) is 29.4 Å². The number of hydrogen-bond acceptors (Lipinski definition) is 7. The maximum Gasteiger partial charge on any atom is 0.246 e. The van der Waals surface area contributed by atoms with Gasteiger partial charge in [0.2, 0.25) is 15.9 Å². The van der Waals surface area contributed by atoms with Gasteiger partial charge in [-0.3, -0.25) is 4.79 Å². The zero-order valence-electron chi connectivity index (χ0n) is 23.4. The summed E-state index contributed by atoms with van der Waals surface area (Å²) in [5.74, 6) is 0.210. The summed E-state index contributed by atoms with van der Waals surface area (Å²) >= 11 is 0. The highest BCUT2D eigenvalue weighted by Crippen LogP contribution is 2.34. The highest BCUT2D eigenvalue weighted by molar-refractivity contribution is 7.89. The van der Waals surface area contributed by atoms with Gasteiger partial charge in [-0.1, -0.05) is 73.3 Å². The van der Waals surface area contributed by atoms with Crippen LogP contribution in [-0.4, -0.2) is 52.1 Å². The molecule has 1 aliphatic rings. The molecule has 1 atom stereocenters. The first-order valence-electron chi connectivity index (χ1n) is 14.0. The van der Waals surface area contributed by atoms with Crippen LogP contribution in [0.2, 0.25) is 0 Å². The van der Waals surface area contributed by atoms with Crippen molar-refractivity contribution in [2.24, 2.45) is 0 Å². The molecular formula is C32H31N7O3S. The maximum absolute atomic E-state index is 13.0. The number of fused-ring (bicyclic) bond motifs is 1. The molecule has 5 aromatic rings. The fraction of sp³-hybridized carbons (Fsp3) is 0.188. The molecule has 1 fully saturated rings. The van der Waals surface area contributed by atoms with Gasteiger partial charge in [0, 0.05) is 25.2 Å². The minimum absolute atomic E-state index is 0.0707. The van der Waals surface area contributed by atoms with Crippen LogP contribution in [0.3, 0.4) is 0 Å². The quantitative estimate of drug-likeness (QED) is 0.252. The Morgan fingerprint density at radius 3 is 2.40 bits per heavy atom. The third kappa shape index (κ3) is 5.77. The molecule has 1 aliphatic heterocycles. The number of nitrogens with two attached hydrogens (primary N) is 1. The Hall–Kier alpha value is -4.87. The minimum Gasteiger partial charge on any atom is -0.383 e. The van der Waals surface area contributed by atoms with Gasteiger partial charge >= 0.3 is 0 Å². The Morgan fingerprint density at radius 1 is 0.977 bits per heavy atom. The topological polar surface area (TPSA) is 136 Å². The Balaban J connectivity index is 1.20. The average molecular weight is 594 g/mol. The van der Waals surface area contributed by atoms with Crippen molar-refractivity contribution < 1.29 is 13.2 Å². The van der Waals surface area contributed by atoms with Crippen LogP contribution in [-0.2, 0) is 21.4 Å². The molecule has 218 valence electrons. The zero-order valence-corrected chi connectivity index (χ0v) is 24.2. The van der Waals surface area contributed by atoms with Crippen LogP contribution in [0.1, 0.15) is 24.4 Å². The van der Waals surface area contributed by atoms with E-state index in [1.54, 1.807) is 29.2 Å². The molecule has 3 heterocycles. The normalized spacial score (nSPS) is 15.4. The molecule has 0 bridgehead atoms. The van der Waals surface area contributed by atoms with Gasteiger partial charge in [-0.15, -0.1) is 0 Å². The fourth-order valence-corrected chi connectivity index (χ4v) is 6.45. The molecule has 1 unspecified atom stereocenters. The second kappa shape index (κ2) is 11.8. The molecule has 0 aliphatic carbocycles. The van der Waals surface area contributed by atoms with Crippen LogP contribution in [0.5, 0.6) is 0 Å². The van der Waals surface area contributed by atoms with E-state index in [1.165, 1.54) is 12.4 Å². The van der Waals surface area contributed by atoms with Crippen molar-refractivity contribution in [1.29, 1.82) is 0 Å². The van der Waals surface area contributed by atoms with Crippen LogP contribution < -0.4 is 10.5 Å². The third-order valence-corrected chi connectivity index (χ3v) is 9.13. The van der Waals surface area contributed by atoms with E-state index < -0.39 is 10.0 Å². The molecule has 0 saturated carbocycles. The Morgan fingerprint density at radius 2 is 1.67 bits per heavy atom. The number of benzene rings is 3. The van der Waals surface area contributed by atoms with Crippen molar-refractivity contribution in [3.8, 4) is 22.4 Å². The van der Waals surface area contributed by atoms with Crippen molar-refractivity contribution in [2.75, 3.05) is 18.8 Å². The van der Waals surface area contributed by atoms with E-state index in [0.717, 1.165) is 35.1 Å². The van der Waals surface area contributed by atoms with Crippen molar-refractivity contribution >= 4 is 32.8 Å². The number of nitrogens with zero attached hydrogens (tertiary/aromatic N) is 5. The van der Waals surface area contributed by atoms with Gasteiger partial charge in [-0.05, 0) is 47.7 Å². The van der Waals surface area contributed by atoms with Gasteiger partial charge in [-0.25, -0.2) is 27.8 Å². The van der Waals surface area contributed by atoms with Crippen LogP contribution in [0.15, 0.2) is 103 Å². The molecular weight excluding hydrogens is 562 g/mol. The maximum atomic E-state index is 13.0. The van der Waals surface area contributed by atoms with Crippen molar-refractivity contribution in [3.63, 3.8) is 0 Å². The van der Waals surface area contributed by atoms with E-state index in [2.05, 4.69) is 21.3 Å². The van der Waals surface area contributed by atoms with E-state index in [-0.39, 0.29) is 23.4 Å². The number of sulfonamides is 1. The van der Waals surface area contributed by atoms with E-state index in [1.807, 2.05) is 59.3 Å². The van der Waals surface area contributed by atoms with Crippen LogP contribution in [0.4, 0.5) is 5.82 Å².